The third-order valence-corrected chi connectivity index (χ3v) is 3.79. The Labute approximate surface area is 99.8 Å². The summed E-state index contributed by atoms with van der Waals surface area (Å²) in [5.41, 5.74) is 0. The van der Waals surface area contributed by atoms with E-state index >= 15 is 0 Å². The molecule has 0 spiro atoms. The lowest BCUT2D eigenvalue weighted by Crippen LogP contribution is -2.37. The van der Waals surface area contributed by atoms with E-state index in [0.29, 0.717) is 12.5 Å². The molecule has 0 aliphatic heterocycles. The van der Waals surface area contributed by atoms with E-state index in [9.17, 15) is 4.79 Å². The predicted molar refractivity (Wildman–Crippen MR) is 67.4 cm³/mol. The van der Waals surface area contributed by atoms with Crippen LogP contribution in [0.15, 0.2) is 0 Å². The van der Waals surface area contributed by atoms with Gasteiger partial charge in [-0.1, -0.05) is 6.92 Å². The Balaban J connectivity index is 2.24. The van der Waals surface area contributed by atoms with Crippen LogP contribution >= 0.6 is 0 Å². The highest BCUT2D eigenvalue weighted by molar-refractivity contribution is 5.75. The molecule has 1 aliphatic rings. The van der Waals surface area contributed by atoms with Crippen molar-refractivity contribution in [3.05, 3.63) is 0 Å². The van der Waals surface area contributed by atoms with Crippen molar-refractivity contribution in [3.8, 4) is 0 Å². The first kappa shape index (κ1) is 13.5. The molecule has 16 heavy (non-hydrogen) atoms. The highest BCUT2D eigenvalue weighted by atomic mass is 16.2. The summed E-state index contributed by atoms with van der Waals surface area (Å²) in [7, 11) is 5.80. The maximum absolute atomic E-state index is 11.5. The van der Waals surface area contributed by atoms with Gasteiger partial charge in [0.15, 0.2) is 0 Å². The first-order valence-electron chi connectivity index (χ1n) is 6.41. The second-order valence-electron chi connectivity index (χ2n) is 5.43. The highest BCUT2D eigenvalue weighted by Gasteiger charge is 2.21. The minimum Gasteiger partial charge on any atom is -0.349 e. The molecule has 1 aliphatic carbocycles. The summed E-state index contributed by atoms with van der Waals surface area (Å²) >= 11 is 0. The molecule has 0 aromatic rings. The van der Waals surface area contributed by atoms with Gasteiger partial charge >= 0.3 is 0 Å². The van der Waals surface area contributed by atoms with Gasteiger partial charge in [0.25, 0.3) is 0 Å². The fourth-order valence-corrected chi connectivity index (χ4v) is 2.36. The van der Waals surface area contributed by atoms with Gasteiger partial charge < -0.3 is 9.80 Å². The Bertz CT molecular complexity index is 220. The molecule has 1 amide bonds. The minimum absolute atomic E-state index is 0.232. The number of hydrogen-bond acceptors (Lipinski definition) is 2. The molecular formula is C13H26N2O. The van der Waals surface area contributed by atoms with Crippen molar-refractivity contribution in [2.24, 2.45) is 5.92 Å². The third kappa shape index (κ3) is 4.12. The number of carbonyl (C=O) groups is 1. The smallest absolute Gasteiger partial charge is 0.223 e. The van der Waals surface area contributed by atoms with E-state index in [4.69, 9.17) is 0 Å². The second kappa shape index (κ2) is 6.24. The molecule has 94 valence electrons. The summed E-state index contributed by atoms with van der Waals surface area (Å²) < 4.78 is 0. The number of rotatable bonds is 4. The van der Waals surface area contributed by atoms with Crippen LogP contribution in [0.4, 0.5) is 0 Å². The van der Waals surface area contributed by atoms with Crippen molar-refractivity contribution in [2.75, 3.05) is 27.7 Å². The predicted octanol–water partition coefficient (Wildman–Crippen LogP) is 1.98. The standard InChI is InChI=1S/C13H26N2O/c1-11-5-7-12(8-6-11)15(4)10-9-13(16)14(2)3/h11-12H,5-10H2,1-4H3. The molecule has 0 aromatic carbocycles. The summed E-state index contributed by atoms with van der Waals surface area (Å²) in [4.78, 5) is 15.5. The quantitative estimate of drug-likeness (QED) is 0.732. The van der Waals surface area contributed by atoms with Gasteiger partial charge in [-0.15, -0.1) is 0 Å². The lowest BCUT2D eigenvalue weighted by Gasteiger charge is -2.33. The van der Waals surface area contributed by atoms with Gasteiger partial charge in [-0.3, -0.25) is 4.79 Å². The Morgan fingerprint density at radius 2 is 1.69 bits per heavy atom. The number of carbonyl (C=O) groups excluding carboxylic acids is 1. The topological polar surface area (TPSA) is 23.6 Å². The monoisotopic (exact) mass is 226 g/mol. The molecule has 0 bridgehead atoms. The molecule has 1 rings (SSSR count). The fourth-order valence-electron chi connectivity index (χ4n) is 2.36. The van der Waals surface area contributed by atoms with Crippen LogP contribution in [0.1, 0.15) is 39.0 Å². The van der Waals surface area contributed by atoms with Crippen LogP contribution in [0.3, 0.4) is 0 Å². The molecule has 3 nitrogen and oxygen atoms in total. The van der Waals surface area contributed by atoms with Crippen LogP contribution in [-0.2, 0) is 4.79 Å². The van der Waals surface area contributed by atoms with Crippen molar-refractivity contribution in [1.29, 1.82) is 0 Å². The number of amides is 1. The first-order chi connectivity index (χ1) is 7.50. The van der Waals surface area contributed by atoms with Gasteiger partial charge in [0.05, 0.1) is 0 Å². The van der Waals surface area contributed by atoms with Crippen LogP contribution in [0.5, 0.6) is 0 Å². The van der Waals surface area contributed by atoms with Crippen molar-refractivity contribution in [3.63, 3.8) is 0 Å². The molecular weight excluding hydrogens is 200 g/mol. The molecule has 0 saturated heterocycles. The Hall–Kier alpha value is -0.570. The molecule has 1 saturated carbocycles. The summed E-state index contributed by atoms with van der Waals surface area (Å²) in [6.45, 7) is 3.24. The van der Waals surface area contributed by atoms with Gasteiger partial charge in [-0.05, 0) is 38.6 Å². The van der Waals surface area contributed by atoms with E-state index < -0.39 is 0 Å². The fraction of sp³-hybridized carbons (Fsp3) is 0.923. The summed E-state index contributed by atoms with van der Waals surface area (Å²) in [5.74, 6) is 1.13. The van der Waals surface area contributed by atoms with Crippen LogP contribution in [0, 0.1) is 5.92 Å². The van der Waals surface area contributed by atoms with Crippen LogP contribution in [0.25, 0.3) is 0 Å². The maximum atomic E-state index is 11.5. The Morgan fingerprint density at radius 3 is 2.19 bits per heavy atom. The van der Waals surface area contributed by atoms with E-state index in [1.54, 1.807) is 4.90 Å². The van der Waals surface area contributed by atoms with E-state index in [1.807, 2.05) is 14.1 Å². The van der Waals surface area contributed by atoms with Crippen molar-refractivity contribution in [1.82, 2.24) is 9.80 Å². The van der Waals surface area contributed by atoms with E-state index in [0.717, 1.165) is 12.5 Å². The zero-order valence-corrected chi connectivity index (χ0v) is 11.2. The maximum Gasteiger partial charge on any atom is 0.223 e. The van der Waals surface area contributed by atoms with Gasteiger partial charge in [-0.2, -0.15) is 0 Å². The van der Waals surface area contributed by atoms with Gasteiger partial charge in [0, 0.05) is 33.1 Å². The third-order valence-electron chi connectivity index (χ3n) is 3.79. The lowest BCUT2D eigenvalue weighted by atomic mass is 9.87. The number of hydrogen-bond donors (Lipinski definition) is 0. The first-order valence-corrected chi connectivity index (χ1v) is 6.41. The molecule has 0 atom stereocenters. The average Bonchev–Trinajstić information content (AvgIpc) is 2.26. The largest absolute Gasteiger partial charge is 0.349 e. The second-order valence-corrected chi connectivity index (χ2v) is 5.43. The minimum atomic E-state index is 0.232. The van der Waals surface area contributed by atoms with E-state index in [1.165, 1.54) is 25.7 Å². The van der Waals surface area contributed by atoms with Crippen molar-refractivity contribution >= 4 is 5.91 Å². The van der Waals surface area contributed by atoms with E-state index in [-0.39, 0.29) is 5.91 Å². The zero-order chi connectivity index (χ0) is 12.1. The van der Waals surface area contributed by atoms with Crippen molar-refractivity contribution in [2.45, 2.75) is 45.1 Å². The zero-order valence-electron chi connectivity index (χ0n) is 11.2. The average molecular weight is 226 g/mol. The summed E-state index contributed by atoms with van der Waals surface area (Å²) in [5, 5.41) is 0. The Kier molecular flexibility index (Phi) is 5.26. The van der Waals surface area contributed by atoms with Gasteiger partial charge in [0.2, 0.25) is 5.91 Å². The SMILES string of the molecule is CC1CCC(N(C)CCC(=O)N(C)C)CC1. The molecule has 3 heteroatoms. The summed E-state index contributed by atoms with van der Waals surface area (Å²) in [6, 6.07) is 0.700. The molecule has 0 unspecified atom stereocenters. The molecule has 0 radical (unpaired) electrons. The van der Waals surface area contributed by atoms with Gasteiger partial charge in [-0.25, -0.2) is 0 Å². The highest BCUT2D eigenvalue weighted by Crippen LogP contribution is 2.26. The molecule has 1 fully saturated rings. The lowest BCUT2D eigenvalue weighted by molar-refractivity contribution is -0.129. The van der Waals surface area contributed by atoms with Crippen LogP contribution in [0.2, 0.25) is 0 Å². The van der Waals surface area contributed by atoms with Gasteiger partial charge in [0.1, 0.15) is 0 Å². The van der Waals surface area contributed by atoms with E-state index in [2.05, 4.69) is 18.9 Å². The number of nitrogens with zero attached hydrogens (tertiary/aromatic N) is 2. The normalized spacial score (nSPS) is 25.8. The Morgan fingerprint density at radius 1 is 1.12 bits per heavy atom. The van der Waals surface area contributed by atoms with Crippen LogP contribution < -0.4 is 0 Å². The molecule has 0 aromatic heterocycles. The molecule has 0 heterocycles. The van der Waals surface area contributed by atoms with Crippen molar-refractivity contribution < 1.29 is 4.79 Å². The van der Waals surface area contributed by atoms with Crippen LogP contribution in [-0.4, -0.2) is 49.4 Å². The summed E-state index contributed by atoms with van der Waals surface area (Å²) in [6.07, 6.45) is 5.93. The molecule has 0 N–H and O–H groups in total.